The molecule has 2 N–H and O–H groups in total. The zero-order chi connectivity index (χ0) is 19.9. The maximum atomic E-state index is 12.3. The number of ether oxygens (including phenoxy) is 2. The minimum Gasteiger partial charge on any atom is -0.494 e. The van der Waals surface area contributed by atoms with Gasteiger partial charge in [0.15, 0.2) is 0 Å². The molecule has 0 aromatic heterocycles. The second kappa shape index (κ2) is 9.59. The van der Waals surface area contributed by atoms with Gasteiger partial charge in [-0.15, -0.1) is 0 Å². The van der Waals surface area contributed by atoms with E-state index in [2.05, 4.69) is 10.0 Å². The molecular formula is C18H21ClN2O5S. The van der Waals surface area contributed by atoms with Gasteiger partial charge in [0.25, 0.3) is 5.91 Å². The summed E-state index contributed by atoms with van der Waals surface area (Å²) in [5, 5.41) is 2.81. The van der Waals surface area contributed by atoms with E-state index in [1.54, 1.807) is 24.3 Å². The zero-order valence-electron chi connectivity index (χ0n) is 15.0. The van der Waals surface area contributed by atoms with Crippen LogP contribution in [0.15, 0.2) is 47.4 Å². The third-order valence-corrected chi connectivity index (χ3v) is 5.29. The molecule has 2 rings (SSSR count). The van der Waals surface area contributed by atoms with Crippen molar-refractivity contribution in [1.29, 1.82) is 0 Å². The molecule has 0 unspecified atom stereocenters. The number of nitrogens with one attached hydrogen (secondary N) is 2. The van der Waals surface area contributed by atoms with E-state index >= 15 is 0 Å². The Bertz CT molecular complexity index is 885. The fraction of sp³-hybridized carbons (Fsp3) is 0.278. The molecule has 0 fully saturated rings. The van der Waals surface area contributed by atoms with Crippen molar-refractivity contribution in [3.63, 3.8) is 0 Å². The lowest BCUT2D eigenvalue weighted by Crippen LogP contribution is -2.28. The van der Waals surface area contributed by atoms with Crippen LogP contribution >= 0.6 is 11.6 Å². The van der Waals surface area contributed by atoms with Gasteiger partial charge < -0.3 is 14.8 Å². The Labute approximate surface area is 163 Å². The van der Waals surface area contributed by atoms with Crippen LogP contribution in [0.1, 0.15) is 17.3 Å². The SMILES string of the molecule is CCOc1ccc(OCCNC(=O)c2cc(S(=O)(=O)NC)ccc2Cl)cc1. The predicted molar refractivity (Wildman–Crippen MR) is 103 cm³/mol. The summed E-state index contributed by atoms with van der Waals surface area (Å²) in [5.41, 5.74) is 0.0778. The van der Waals surface area contributed by atoms with E-state index in [9.17, 15) is 13.2 Å². The Morgan fingerprint density at radius 3 is 2.30 bits per heavy atom. The van der Waals surface area contributed by atoms with E-state index in [1.165, 1.54) is 25.2 Å². The van der Waals surface area contributed by atoms with Crippen LogP contribution in [0.5, 0.6) is 11.5 Å². The molecule has 0 radical (unpaired) electrons. The summed E-state index contributed by atoms with van der Waals surface area (Å²) in [5.74, 6) is 0.917. The van der Waals surface area contributed by atoms with Gasteiger partial charge in [-0.25, -0.2) is 13.1 Å². The van der Waals surface area contributed by atoms with Crippen molar-refractivity contribution < 1.29 is 22.7 Å². The van der Waals surface area contributed by atoms with Crippen LogP contribution in [0.3, 0.4) is 0 Å². The number of hydrogen-bond donors (Lipinski definition) is 2. The second-order valence-corrected chi connectivity index (χ2v) is 7.65. The van der Waals surface area contributed by atoms with Crippen molar-refractivity contribution in [2.24, 2.45) is 0 Å². The van der Waals surface area contributed by atoms with E-state index in [0.29, 0.717) is 12.4 Å². The van der Waals surface area contributed by atoms with Crippen LogP contribution in [0.2, 0.25) is 5.02 Å². The lowest BCUT2D eigenvalue weighted by atomic mass is 10.2. The Balaban J connectivity index is 1.91. The maximum absolute atomic E-state index is 12.3. The Morgan fingerprint density at radius 2 is 1.70 bits per heavy atom. The summed E-state index contributed by atoms with van der Waals surface area (Å²) < 4.78 is 36.8. The van der Waals surface area contributed by atoms with Crippen LogP contribution in [0, 0.1) is 0 Å². The molecule has 0 atom stereocenters. The van der Waals surface area contributed by atoms with Crippen LogP contribution in [-0.4, -0.2) is 41.1 Å². The van der Waals surface area contributed by atoms with Crippen LogP contribution < -0.4 is 19.5 Å². The van der Waals surface area contributed by atoms with Gasteiger partial charge in [-0.2, -0.15) is 0 Å². The van der Waals surface area contributed by atoms with Gasteiger partial charge >= 0.3 is 0 Å². The summed E-state index contributed by atoms with van der Waals surface area (Å²) in [7, 11) is -2.37. The van der Waals surface area contributed by atoms with Gasteiger partial charge in [-0.1, -0.05) is 11.6 Å². The van der Waals surface area contributed by atoms with E-state index in [-0.39, 0.29) is 28.6 Å². The van der Waals surface area contributed by atoms with Crippen molar-refractivity contribution in [2.45, 2.75) is 11.8 Å². The maximum Gasteiger partial charge on any atom is 0.252 e. The van der Waals surface area contributed by atoms with Crippen molar-refractivity contribution in [3.05, 3.63) is 53.1 Å². The molecule has 0 aliphatic rings. The lowest BCUT2D eigenvalue weighted by molar-refractivity contribution is 0.0947. The fourth-order valence-electron chi connectivity index (χ4n) is 2.19. The molecule has 2 aromatic rings. The third kappa shape index (κ3) is 5.85. The first-order valence-electron chi connectivity index (χ1n) is 8.24. The standard InChI is InChI=1S/C18H21ClN2O5S/c1-3-25-13-4-6-14(7-5-13)26-11-10-21-18(22)16-12-15(8-9-17(16)19)27(23,24)20-2/h4-9,12,20H,3,10-11H2,1-2H3,(H,21,22). The highest BCUT2D eigenvalue weighted by Crippen LogP contribution is 2.20. The van der Waals surface area contributed by atoms with E-state index in [0.717, 1.165) is 5.75 Å². The van der Waals surface area contributed by atoms with E-state index in [4.69, 9.17) is 21.1 Å². The molecule has 0 saturated heterocycles. The molecule has 9 heteroatoms. The van der Waals surface area contributed by atoms with Crippen LogP contribution in [0.4, 0.5) is 0 Å². The highest BCUT2D eigenvalue weighted by molar-refractivity contribution is 7.89. The van der Waals surface area contributed by atoms with Crippen molar-refractivity contribution in [2.75, 3.05) is 26.8 Å². The molecule has 0 spiro atoms. The molecule has 7 nitrogen and oxygen atoms in total. The van der Waals surface area contributed by atoms with Crippen molar-refractivity contribution in [1.82, 2.24) is 10.0 Å². The minimum atomic E-state index is -3.66. The molecular weight excluding hydrogens is 392 g/mol. The summed E-state index contributed by atoms with van der Waals surface area (Å²) in [6, 6.07) is 11.1. The van der Waals surface area contributed by atoms with Gasteiger partial charge in [0.2, 0.25) is 10.0 Å². The number of carbonyl (C=O) groups excluding carboxylic acids is 1. The number of amides is 1. The van der Waals surface area contributed by atoms with Crippen LogP contribution in [0.25, 0.3) is 0 Å². The number of benzene rings is 2. The normalized spacial score (nSPS) is 11.1. The third-order valence-electron chi connectivity index (χ3n) is 3.55. The largest absolute Gasteiger partial charge is 0.494 e. The van der Waals surface area contributed by atoms with Gasteiger partial charge in [-0.05, 0) is 56.4 Å². The number of halogens is 1. The zero-order valence-corrected chi connectivity index (χ0v) is 16.6. The average Bonchev–Trinajstić information content (AvgIpc) is 2.66. The first-order valence-corrected chi connectivity index (χ1v) is 10.1. The van der Waals surface area contributed by atoms with Gasteiger partial charge in [0.1, 0.15) is 18.1 Å². The molecule has 0 saturated carbocycles. The molecule has 0 aliphatic carbocycles. The number of rotatable bonds is 9. The van der Waals surface area contributed by atoms with E-state index in [1.807, 2.05) is 6.92 Å². The van der Waals surface area contributed by atoms with Crippen LogP contribution in [-0.2, 0) is 10.0 Å². The molecule has 146 valence electrons. The summed E-state index contributed by atoms with van der Waals surface area (Å²) in [6.45, 7) is 2.96. The smallest absolute Gasteiger partial charge is 0.252 e. The van der Waals surface area contributed by atoms with Gasteiger partial charge in [0, 0.05) is 0 Å². The summed E-state index contributed by atoms with van der Waals surface area (Å²) in [4.78, 5) is 12.2. The minimum absolute atomic E-state index is 0.0369. The average molecular weight is 413 g/mol. The Morgan fingerprint density at radius 1 is 1.07 bits per heavy atom. The fourth-order valence-corrected chi connectivity index (χ4v) is 3.15. The van der Waals surface area contributed by atoms with Crippen molar-refractivity contribution >= 4 is 27.5 Å². The lowest BCUT2D eigenvalue weighted by Gasteiger charge is -2.10. The molecule has 0 bridgehead atoms. The molecule has 27 heavy (non-hydrogen) atoms. The topological polar surface area (TPSA) is 93.7 Å². The van der Waals surface area contributed by atoms with Crippen molar-refractivity contribution in [3.8, 4) is 11.5 Å². The summed E-state index contributed by atoms with van der Waals surface area (Å²) in [6.07, 6.45) is 0. The molecule has 2 aromatic carbocycles. The molecule has 1 amide bonds. The highest BCUT2D eigenvalue weighted by atomic mass is 35.5. The number of sulfonamides is 1. The molecule has 0 aliphatic heterocycles. The quantitative estimate of drug-likeness (QED) is 0.617. The molecule has 0 heterocycles. The highest BCUT2D eigenvalue weighted by Gasteiger charge is 2.17. The van der Waals surface area contributed by atoms with E-state index < -0.39 is 15.9 Å². The second-order valence-electron chi connectivity index (χ2n) is 5.36. The predicted octanol–water partition coefficient (Wildman–Crippen LogP) is 2.46. The first-order chi connectivity index (χ1) is 12.9. The summed E-state index contributed by atoms with van der Waals surface area (Å²) >= 11 is 6.01. The number of hydrogen-bond acceptors (Lipinski definition) is 5. The van der Waals surface area contributed by atoms with Gasteiger partial charge in [-0.3, -0.25) is 4.79 Å². The van der Waals surface area contributed by atoms with Gasteiger partial charge in [0.05, 0.1) is 28.6 Å². The Kier molecular flexibility index (Phi) is 7.46. The first kappa shape index (κ1) is 21.0. The Hall–Kier alpha value is -2.29. The monoisotopic (exact) mass is 412 g/mol. The number of carbonyl (C=O) groups is 1.